The van der Waals surface area contributed by atoms with Gasteiger partial charge in [-0.05, 0) is 18.4 Å². The number of carbonyl (C=O) groups is 1. The Morgan fingerprint density at radius 1 is 1.28 bits per heavy atom. The fourth-order valence-corrected chi connectivity index (χ4v) is 2.77. The zero-order valence-corrected chi connectivity index (χ0v) is 11.5. The maximum Gasteiger partial charge on any atom is 0.195 e. The van der Waals surface area contributed by atoms with Crippen LogP contribution in [0.4, 0.5) is 0 Å². The van der Waals surface area contributed by atoms with E-state index in [1.807, 2.05) is 30.3 Å². The van der Waals surface area contributed by atoms with E-state index in [9.17, 15) is 4.79 Å². The maximum atomic E-state index is 12.3. The van der Waals surface area contributed by atoms with Crippen LogP contribution in [0.25, 0.3) is 0 Å². The van der Waals surface area contributed by atoms with E-state index in [1.54, 1.807) is 7.11 Å². The molecule has 1 aliphatic rings. The van der Waals surface area contributed by atoms with Gasteiger partial charge in [0.15, 0.2) is 10.7 Å². The molecule has 0 aromatic heterocycles. The molecule has 1 aromatic rings. The zero-order valence-electron chi connectivity index (χ0n) is 10.7. The number of Topliss-reactive ketones (excluding diaryl/α,β-unsaturated/α-hetero) is 1. The van der Waals surface area contributed by atoms with E-state index in [2.05, 4.69) is 6.92 Å². The molecule has 1 unspecified atom stereocenters. The smallest absolute Gasteiger partial charge is 0.195 e. The fraction of sp³-hybridized carbons (Fsp3) is 0.400. The Bertz CT molecular complexity index is 479. The third-order valence-electron chi connectivity index (χ3n) is 3.33. The van der Waals surface area contributed by atoms with Crippen LogP contribution in [0, 0.1) is 0 Å². The van der Waals surface area contributed by atoms with E-state index >= 15 is 0 Å². The predicted molar refractivity (Wildman–Crippen MR) is 72.5 cm³/mol. The van der Waals surface area contributed by atoms with Gasteiger partial charge in [0, 0.05) is 5.57 Å². The van der Waals surface area contributed by atoms with E-state index in [0.29, 0.717) is 5.76 Å². The van der Waals surface area contributed by atoms with Crippen molar-refractivity contribution < 1.29 is 9.53 Å². The van der Waals surface area contributed by atoms with E-state index < -0.39 is 4.87 Å². The molecule has 0 radical (unpaired) electrons. The number of hydrogen-bond donors (Lipinski definition) is 0. The average molecular weight is 265 g/mol. The first-order valence-corrected chi connectivity index (χ1v) is 6.60. The second-order valence-corrected chi connectivity index (χ2v) is 5.04. The third kappa shape index (κ3) is 1.85. The van der Waals surface area contributed by atoms with Crippen LogP contribution >= 0.6 is 11.6 Å². The van der Waals surface area contributed by atoms with Gasteiger partial charge < -0.3 is 4.74 Å². The van der Waals surface area contributed by atoms with Crippen LogP contribution in [0.5, 0.6) is 0 Å². The third-order valence-corrected chi connectivity index (χ3v) is 3.89. The number of rotatable bonds is 5. The lowest BCUT2D eigenvalue weighted by Crippen LogP contribution is -2.44. The Labute approximate surface area is 113 Å². The maximum absolute atomic E-state index is 12.3. The summed E-state index contributed by atoms with van der Waals surface area (Å²) in [6.45, 7) is 2.10. The van der Waals surface area contributed by atoms with Crippen molar-refractivity contribution in [1.29, 1.82) is 0 Å². The number of ether oxygens (including phenoxy) is 1. The number of allylic oxidation sites excluding steroid dienone is 2. The number of methoxy groups -OCH3 is 1. The van der Waals surface area contributed by atoms with Crippen molar-refractivity contribution >= 4 is 17.4 Å². The molecule has 0 bridgehead atoms. The molecule has 2 nitrogen and oxygen atoms in total. The van der Waals surface area contributed by atoms with Gasteiger partial charge in [-0.2, -0.15) is 0 Å². The Morgan fingerprint density at radius 2 is 1.94 bits per heavy atom. The number of ketones is 1. The van der Waals surface area contributed by atoms with Gasteiger partial charge >= 0.3 is 0 Å². The van der Waals surface area contributed by atoms with Crippen molar-refractivity contribution in [3.05, 3.63) is 47.2 Å². The predicted octanol–water partition coefficient (Wildman–Crippen LogP) is 3.79. The van der Waals surface area contributed by atoms with Crippen molar-refractivity contribution in [2.24, 2.45) is 0 Å². The minimum absolute atomic E-state index is 0.0133. The zero-order chi connectivity index (χ0) is 13.2. The van der Waals surface area contributed by atoms with Gasteiger partial charge in [-0.25, -0.2) is 0 Å². The van der Waals surface area contributed by atoms with Crippen molar-refractivity contribution in [3.63, 3.8) is 0 Å². The molecule has 0 saturated heterocycles. The topological polar surface area (TPSA) is 26.3 Å². The molecular formula is C15H17ClO2. The van der Waals surface area contributed by atoms with Crippen LogP contribution in [0.1, 0.15) is 31.7 Å². The normalized spacial score (nSPS) is 22.9. The monoisotopic (exact) mass is 264 g/mol. The highest BCUT2D eigenvalue weighted by molar-refractivity contribution is 6.43. The van der Waals surface area contributed by atoms with E-state index in [1.165, 1.54) is 0 Å². The minimum Gasteiger partial charge on any atom is -0.498 e. The number of halogens is 1. The van der Waals surface area contributed by atoms with Gasteiger partial charge in [-0.15, -0.1) is 0 Å². The standard InChI is InChI=1S/C15H17ClO2/c1-3-4-10-12-13(17)15(16,14(12)18-2)11-8-6-5-7-9-11/h5-9H,3-4,10H2,1-2H3. The molecule has 1 aliphatic carbocycles. The molecule has 3 heteroatoms. The quantitative estimate of drug-likeness (QED) is 0.757. The van der Waals surface area contributed by atoms with E-state index in [4.69, 9.17) is 16.3 Å². The van der Waals surface area contributed by atoms with Crippen LogP contribution < -0.4 is 0 Å². The lowest BCUT2D eigenvalue weighted by atomic mass is 9.75. The summed E-state index contributed by atoms with van der Waals surface area (Å²) in [7, 11) is 1.58. The Kier molecular flexibility index (Phi) is 3.76. The summed E-state index contributed by atoms with van der Waals surface area (Å²) in [6, 6.07) is 9.39. The van der Waals surface area contributed by atoms with Gasteiger partial charge in [-0.1, -0.05) is 55.3 Å². The van der Waals surface area contributed by atoms with Crippen LogP contribution in [0.15, 0.2) is 41.7 Å². The number of hydrogen-bond acceptors (Lipinski definition) is 2. The van der Waals surface area contributed by atoms with Crippen molar-refractivity contribution in [2.75, 3.05) is 7.11 Å². The molecule has 2 rings (SSSR count). The molecule has 0 N–H and O–H groups in total. The fourth-order valence-electron chi connectivity index (χ4n) is 2.33. The van der Waals surface area contributed by atoms with E-state index in [-0.39, 0.29) is 5.78 Å². The lowest BCUT2D eigenvalue weighted by Gasteiger charge is -2.38. The number of carbonyl (C=O) groups excluding carboxylic acids is 1. The average Bonchev–Trinajstić information content (AvgIpc) is 2.43. The highest BCUT2D eigenvalue weighted by atomic mass is 35.5. The number of unbranched alkanes of at least 4 members (excludes halogenated alkanes) is 1. The number of alkyl halides is 1. The summed E-state index contributed by atoms with van der Waals surface area (Å²) in [5, 5.41) is 0. The molecule has 1 atom stereocenters. The number of benzene rings is 1. The molecule has 0 amide bonds. The first-order valence-electron chi connectivity index (χ1n) is 6.23. The van der Waals surface area contributed by atoms with Gasteiger partial charge in [0.05, 0.1) is 7.11 Å². The van der Waals surface area contributed by atoms with Gasteiger partial charge in [-0.3, -0.25) is 4.79 Å². The minimum atomic E-state index is -1.10. The van der Waals surface area contributed by atoms with Gasteiger partial charge in [0.2, 0.25) is 0 Å². The van der Waals surface area contributed by atoms with Crippen LogP contribution in [-0.2, 0) is 14.4 Å². The summed E-state index contributed by atoms with van der Waals surface area (Å²) in [5.41, 5.74) is 1.53. The molecule has 0 spiro atoms. The Balaban J connectivity index is 2.36. The highest BCUT2D eigenvalue weighted by Gasteiger charge is 2.54. The molecular weight excluding hydrogens is 248 g/mol. The van der Waals surface area contributed by atoms with Crippen molar-refractivity contribution in [2.45, 2.75) is 31.1 Å². The first-order chi connectivity index (χ1) is 8.66. The van der Waals surface area contributed by atoms with Crippen molar-refractivity contribution in [3.8, 4) is 0 Å². The second-order valence-electron chi connectivity index (χ2n) is 4.47. The molecule has 0 aliphatic heterocycles. The molecule has 18 heavy (non-hydrogen) atoms. The molecule has 0 heterocycles. The Morgan fingerprint density at radius 3 is 2.50 bits per heavy atom. The largest absolute Gasteiger partial charge is 0.498 e. The van der Waals surface area contributed by atoms with Gasteiger partial charge in [0.1, 0.15) is 5.76 Å². The highest BCUT2D eigenvalue weighted by Crippen LogP contribution is 2.50. The summed E-state index contributed by atoms with van der Waals surface area (Å²) in [5.74, 6) is 0.606. The molecule has 0 fully saturated rings. The van der Waals surface area contributed by atoms with Gasteiger partial charge in [0.25, 0.3) is 0 Å². The molecule has 0 saturated carbocycles. The SMILES string of the molecule is CCCCC1=C(OC)C(Cl)(c2ccccc2)C1=O. The first kappa shape index (κ1) is 13.2. The lowest BCUT2D eigenvalue weighted by molar-refractivity contribution is -0.121. The van der Waals surface area contributed by atoms with E-state index in [0.717, 1.165) is 30.4 Å². The second kappa shape index (κ2) is 5.15. The summed E-state index contributed by atoms with van der Waals surface area (Å²) < 4.78 is 5.36. The summed E-state index contributed by atoms with van der Waals surface area (Å²) in [4.78, 5) is 11.2. The van der Waals surface area contributed by atoms with Crippen LogP contribution in [-0.4, -0.2) is 12.9 Å². The Hall–Kier alpha value is -1.28. The van der Waals surface area contributed by atoms with Crippen molar-refractivity contribution in [1.82, 2.24) is 0 Å². The summed E-state index contributed by atoms with van der Waals surface area (Å²) >= 11 is 6.49. The summed E-state index contributed by atoms with van der Waals surface area (Å²) in [6.07, 6.45) is 2.78. The van der Waals surface area contributed by atoms with Crippen LogP contribution in [0.2, 0.25) is 0 Å². The molecule has 1 aromatic carbocycles. The van der Waals surface area contributed by atoms with Crippen LogP contribution in [0.3, 0.4) is 0 Å². The molecule has 96 valence electrons.